The first-order chi connectivity index (χ1) is 26.9. The van der Waals surface area contributed by atoms with Gasteiger partial charge in [0.1, 0.15) is 5.75 Å². The number of benzene rings is 2. The van der Waals surface area contributed by atoms with Crippen molar-refractivity contribution in [2.45, 2.75) is 85.2 Å². The Balaban J connectivity index is 1.64. The number of imide groups is 1. The van der Waals surface area contributed by atoms with Crippen molar-refractivity contribution in [2.24, 2.45) is 17.8 Å². The molecule has 56 heavy (non-hydrogen) atoms. The minimum Gasteiger partial charge on any atom is -0.497 e. The minimum absolute atomic E-state index is 0.0127. The predicted octanol–water partition coefficient (Wildman–Crippen LogP) is 5.28. The average Bonchev–Trinajstić information content (AvgIpc) is 3.54. The fourth-order valence-electron chi connectivity index (χ4n) is 6.86. The number of rotatable bonds is 19. The largest absolute Gasteiger partial charge is 0.497 e. The zero-order valence-electron chi connectivity index (χ0n) is 33.7. The van der Waals surface area contributed by atoms with Crippen LogP contribution in [0.25, 0.3) is 0 Å². The normalized spacial score (nSPS) is 16.6. The summed E-state index contributed by atoms with van der Waals surface area (Å²) in [4.78, 5) is 61.6. The van der Waals surface area contributed by atoms with Gasteiger partial charge in [0, 0.05) is 31.9 Å². The maximum atomic E-state index is 14.6. The van der Waals surface area contributed by atoms with Crippen LogP contribution >= 0.6 is 0 Å². The van der Waals surface area contributed by atoms with Crippen LogP contribution in [0.1, 0.15) is 63.1 Å². The lowest BCUT2D eigenvalue weighted by atomic mass is 9.83. The third-order valence-electron chi connectivity index (χ3n) is 10.5. The van der Waals surface area contributed by atoms with Gasteiger partial charge in [0.05, 0.1) is 50.6 Å². The van der Waals surface area contributed by atoms with Gasteiger partial charge in [0.2, 0.25) is 5.91 Å². The second kappa shape index (κ2) is 21.2. The van der Waals surface area contributed by atoms with Gasteiger partial charge in [-0.2, -0.15) is 0 Å². The molecule has 1 aromatic heterocycles. The number of carbonyl (C=O) groups excluding carboxylic acids is 4. The topological polar surface area (TPSA) is 166 Å². The summed E-state index contributed by atoms with van der Waals surface area (Å²) in [5.41, 5.74) is 6.07. The van der Waals surface area contributed by atoms with Gasteiger partial charge < -0.3 is 30.1 Å². The van der Waals surface area contributed by atoms with Crippen molar-refractivity contribution in [3.63, 3.8) is 0 Å². The van der Waals surface area contributed by atoms with Crippen molar-refractivity contribution in [1.82, 2.24) is 35.9 Å². The summed E-state index contributed by atoms with van der Waals surface area (Å²) in [6.45, 7) is 10.5. The highest BCUT2D eigenvalue weighted by Gasteiger charge is 2.43. The third kappa shape index (κ3) is 12.1. The first-order valence-electron chi connectivity index (χ1n) is 19.4. The van der Waals surface area contributed by atoms with Crippen LogP contribution in [0.4, 0.5) is 14.4 Å². The summed E-state index contributed by atoms with van der Waals surface area (Å²) in [7, 11) is 2.79. The monoisotopic (exact) mass is 773 g/mol. The predicted molar refractivity (Wildman–Crippen MR) is 213 cm³/mol. The molecule has 0 spiro atoms. The molecule has 3 aromatic rings. The Morgan fingerprint density at radius 2 is 1.68 bits per heavy atom. The van der Waals surface area contributed by atoms with E-state index in [0.29, 0.717) is 12.2 Å². The number of aliphatic hydroxyl groups excluding tert-OH is 1. The van der Waals surface area contributed by atoms with Crippen molar-refractivity contribution < 1.29 is 33.8 Å². The second-order valence-corrected chi connectivity index (χ2v) is 14.7. The lowest BCUT2D eigenvalue weighted by Crippen LogP contribution is -2.57. The molecule has 0 bridgehead atoms. The fraction of sp³-hybridized carbons (Fsp3) is 0.500. The highest BCUT2D eigenvalue weighted by molar-refractivity contribution is 5.90. The van der Waals surface area contributed by atoms with Gasteiger partial charge in [-0.15, -0.1) is 0 Å². The van der Waals surface area contributed by atoms with Crippen molar-refractivity contribution in [3.05, 3.63) is 95.3 Å². The van der Waals surface area contributed by atoms with E-state index in [9.17, 15) is 24.3 Å². The molecule has 1 fully saturated rings. The number of pyridine rings is 1. The smallest absolute Gasteiger partial charge is 0.417 e. The first kappa shape index (κ1) is 43.5. The number of ether oxygens (including phenoxy) is 2. The third-order valence-corrected chi connectivity index (χ3v) is 10.5. The molecule has 6 amide bonds. The number of aliphatic hydroxyl groups is 1. The van der Waals surface area contributed by atoms with E-state index in [0.717, 1.165) is 33.8 Å². The van der Waals surface area contributed by atoms with E-state index in [1.807, 2.05) is 95.3 Å². The number of nitrogens with one attached hydrogen (secondary N) is 3. The van der Waals surface area contributed by atoms with Crippen molar-refractivity contribution in [2.75, 3.05) is 33.9 Å². The van der Waals surface area contributed by atoms with Gasteiger partial charge in [-0.3, -0.25) is 15.2 Å². The average molecular weight is 774 g/mol. The van der Waals surface area contributed by atoms with Crippen LogP contribution in [0.3, 0.4) is 0 Å². The number of aryl methyl sites for hydroxylation is 1. The Labute approximate surface area is 330 Å². The molecule has 4 rings (SSSR count). The molecule has 14 nitrogen and oxygen atoms in total. The molecule has 1 aliphatic rings. The van der Waals surface area contributed by atoms with E-state index in [1.165, 1.54) is 12.1 Å². The number of hydrazine groups is 1. The highest BCUT2D eigenvalue weighted by atomic mass is 16.5. The Morgan fingerprint density at radius 1 is 0.964 bits per heavy atom. The number of amides is 6. The number of nitrogens with zero attached hydrogens (tertiary/aromatic N) is 4. The molecule has 4 N–H and O–H groups in total. The molecular weight excluding hydrogens is 715 g/mol. The van der Waals surface area contributed by atoms with Crippen LogP contribution in [0, 0.1) is 24.7 Å². The standard InChI is InChI=1S/C42H59N7O7/c1-8-28(3)24-49(42(54)56-7)41(53)46-47(25-32-18-20-34(55-6)21-19-32)27-37(50)35(22-31-15-11-10-12-16-31)45-39(51)38(29(4)9-2)36-23-43-40(52)48(36)26-33-17-13-14-30(5)44-33/h10-21,28-29,35-38,50H,8-9,22-27H2,1-7H3,(H,43,52)(H,45,51)(H,46,53). The minimum atomic E-state index is -1.20. The van der Waals surface area contributed by atoms with Crippen LogP contribution in [-0.2, 0) is 29.0 Å². The SMILES string of the molecule is CCC(C)CN(C(=O)NN(Cc1ccc(OC)cc1)CC(O)C(Cc1ccccc1)NC(=O)C(C(C)CC)C1CNC(=O)N1Cc1cccc(C)n1)C(=O)OC. The van der Waals surface area contributed by atoms with E-state index in [4.69, 9.17) is 9.47 Å². The van der Waals surface area contributed by atoms with Crippen molar-refractivity contribution >= 4 is 24.1 Å². The maximum Gasteiger partial charge on any atom is 0.417 e. The highest BCUT2D eigenvalue weighted by Crippen LogP contribution is 2.28. The molecule has 0 saturated carbocycles. The Kier molecular flexibility index (Phi) is 16.5. The number of urea groups is 2. The van der Waals surface area contributed by atoms with E-state index < -0.39 is 36.2 Å². The Morgan fingerprint density at radius 3 is 2.30 bits per heavy atom. The van der Waals surface area contributed by atoms with Crippen LogP contribution < -0.4 is 20.8 Å². The van der Waals surface area contributed by atoms with E-state index >= 15 is 0 Å². The molecule has 6 unspecified atom stereocenters. The molecule has 6 atom stereocenters. The molecule has 1 aliphatic heterocycles. The molecule has 14 heteroatoms. The molecule has 0 aliphatic carbocycles. The first-order valence-corrected chi connectivity index (χ1v) is 19.4. The summed E-state index contributed by atoms with van der Waals surface area (Å²) < 4.78 is 10.3. The zero-order valence-corrected chi connectivity index (χ0v) is 33.7. The quantitative estimate of drug-likeness (QED) is 0.119. The molecular formula is C42H59N7O7. The fourth-order valence-corrected chi connectivity index (χ4v) is 6.86. The maximum absolute atomic E-state index is 14.6. The van der Waals surface area contributed by atoms with E-state index in [1.54, 1.807) is 24.1 Å². The summed E-state index contributed by atoms with van der Waals surface area (Å²) in [6.07, 6.45) is -0.302. The van der Waals surface area contributed by atoms with E-state index in [2.05, 4.69) is 21.0 Å². The summed E-state index contributed by atoms with van der Waals surface area (Å²) >= 11 is 0. The molecule has 2 aromatic carbocycles. The summed E-state index contributed by atoms with van der Waals surface area (Å²) in [5, 5.41) is 19.7. The van der Waals surface area contributed by atoms with Crippen LogP contribution in [0.15, 0.2) is 72.8 Å². The lowest BCUT2D eigenvalue weighted by Gasteiger charge is -2.36. The number of aromatic nitrogens is 1. The summed E-state index contributed by atoms with van der Waals surface area (Å²) in [5.74, 6) is -0.350. The van der Waals surface area contributed by atoms with Gasteiger partial charge in [0.25, 0.3) is 0 Å². The molecule has 1 saturated heterocycles. The Hall–Kier alpha value is -5.21. The Bertz CT molecular complexity index is 1730. The van der Waals surface area contributed by atoms with Gasteiger partial charge >= 0.3 is 18.2 Å². The number of carbonyl (C=O) groups is 4. The van der Waals surface area contributed by atoms with Crippen molar-refractivity contribution in [3.8, 4) is 5.75 Å². The van der Waals surface area contributed by atoms with Crippen LogP contribution in [0.2, 0.25) is 0 Å². The zero-order chi connectivity index (χ0) is 40.8. The number of hydrogen-bond acceptors (Lipinski definition) is 9. The van der Waals surface area contributed by atoms with E-state index in [-0.39, 0.29) is 62.9 Å². The molecule has 0 radical (unpaired) electrons. The number of methoxy groups -OCH3 is 2. The molecule has 2 heterocycles. The number of hydrogen-bond donors (Lipinski definition) is 4. The summed E-state index contributed by atoms with van der Waals surface area (Å²) in [6, 6.07) is 20.2. The second-order valence-electron chi connectivity index (χ2n) is 14.7. The van der Waals surface area contributed by atoms with Gasteiger partial charge in [-0.1, -0.05) is 89.1 Å². The van der Waals surface area contributed by atoms with Crippen LogP contribution in [-0.4, -0.2) is 101 Å². The van der Waals surface area contributed by atoms with Crippen molar-refractivity contribution in [1.29, 1.82) is 0 Å². The van der Waals surface area contributed by atoms with Crippen LogP contribution in [0.5, 0.6) is 5.75 Å². The lowest BCUT2D eigenvalue weighted by molar-refractivity contribution is -0.130. The van der Waals surface area contributed by atoms with Gasteiger partial charge in [0.15, 0.2) is 0 Å². The van der Waals surface area contributed by atoms with Gasteiger partial charge in [-0.05, 0) is 60.6 Å². The van der Waals surface area contributed by atoms with Gasteiger partial charge in [-0.25, -0.2) is 24.3 Å². The molecule has 304 valence electrons.